The van der Waals surface area contributed by atoms with E-state index >= 15 is 0 Å². The van der Waals surface area contributed by atoms with Gasteiger partial charge in [0.15, 0.2) is 0 Å². The highest BCUT2D eigenvalue weighted by Crippen LogP contribution is 2.28. The second kappa shape index (κ2) is 9.09. The molecule has 0 aromatic heterocycles. The Morgan fingerprint density at radius 1 is 1.04 bits per heavy atom. The number of hydrogen-bond donors (Lipinski definition) is 1. The Bertz CT molecular complexity index is 767. The van der Waals surface area contributed by atoms with Crippen molar-refractivity contribution in [1.29, 1.82) is 0 Å². The van der Waals surface area contributed by atoms with Crippen LogP contribution in [0.15, 0.2) is 59.5 Å². The molecule has 1 atom stereocenters. The molecule has 27 heavy (non-hydrogen) atoms. The maximum atomic E-state index is 13.2. The molecule has 1 N–H and O–H groups in total. The fourth-order valence-electron chi connectivity index (χ4n) is 2.71. The van der Waals surface area contributed by atoms with Crippen molar-refractivity contribution in [2.24, 2.45) is 0 Å². The molecule has 144 valence electrons. The van der Waals surface area contributed by atoms with E-state index in [9.17, 15) is 9.59 Å². The maximum absolute atomic E-state index is 13.2. The summed E-state index contributed by atoms with van der Waals surface area (Å²) in [6.07, 6.45) is 0. The van der Waals surface area contributed by atoms with Gasteiger partial charge in [-0.1, -0.05) is 30.3 Å². The molecule has 4 nitrogen and oxygen atoms in total. The topological polar surface area (TPSA) is 49.4 Å². The van der Waals surface area contributed by atoms with Crippen molar-refractivity contribution >= 4 is 29.3 Å². The normalized spacial score (nSPS) is 12.3. The van der Waals surface area contributed by atoms with Crippen LogP contribution in [0.25, 0.3) is 0 Å². The van der Waals surface area contributed by atoms with Gasteiger partial charge in [-0.2, -0.15) is 0 Å². The summed E-state index contributed by atoms with van der Waals surface area (Å²) in [4.78, 5) is 27.2. The minimum atomic E-state index is -0.267. The third kappa shape index (κ3) is 6.43. The predicted molar refractivity (Wildman–Crippen MR) is 113 cm³/mol. The van der Waals surface area contributed by atoms with Gasteiger partial charge in [0.25, 0.3) is 0 Å². The smallest absolute Gasteiger partial charge is 0.236 e. The van der Waals surface area contributed by atoms with Gasteiger partial charge in [0, 0.05) is 29.6 Å². The first kappa shape index (κ1) is 21.0. The minimum Gasteiger partial charge on any atom is -0.333 e. The van der Waals surface area contributed by atoms with Gasteiger partial charge in [0.05, 0.1) is 5.25 Å². The van der Waals surface area contributed by atoms with Crippen molar-refractivity contribution in [2.75, 3.05) is 5.32 Å². The largest absolute Gasteiger partial charge is 0.333 e. The van der Waals surface area contributed by atoms with E-state index in [-0.39, 0.29) is 22.6 Å². The van der Waals surface area contributed by atoms with Crippen molar-refractivity contribution in [3.05, 3.63) is 60.2 Å². The first-order valence-electron chi connectivity index (χ1n) is 9.06. The summed E-state index contributed by atoms with van der Waals surface area (Å²) >= 11 is 1.53. The summed E-state index contributed by atoms with van der Waals surface area (Å²) in [5, 5.41) is 2.54. The van der Waals surface area contributed by atoms with Crippen LogP contribution in [-0.4, -0.2) is 27.5 Å². The predicted octanol–water partition coefficient (Wildman–Crippen LogP) is 4.95. The molecule has 0 aliphatic rings. The van der Waals surface area contributed by atoms with E-state index in [1.807, 2.05) is 66.4 Å². The number of carbonyl (C=O) groups excluding carboxylic acids is 2. The van der Waals surface area contributed by atoms with Crippen molar-refractivity contribution in [3.63, 3.8) is 0 Å². The van der Waals surface area contributed by atoms with E-state index in [4.69, 9.17) is 0 Å². The van der Waals surface area contributed by atoms with E-state index < -0.39 is 0 Å². The van der Waals surface area contributed by atoms with Gasteiger partial charge in [0.1, 0.15) is 0 Å². The Morgan fingerprint density at radius 3 is 2.15 bits per heavy atom. The first-order valence-corrected chi connectivity index (χ1v) is 9.94. The molecule has 0 saturated carbocycles. The molecule has 0 radical (unpaired) electrons. The summed E-state index contributed by atoms with van der Waals surface area (Å²) in [5.41, 5.74) is 1.61. The van der Waals surface area contributed by atoms with E-state index in [0.29, 0.717) is 6.54 Å². The number of thioether (sulfide) groups is 1. The lowest BCUT2D eigenvalue weighted by molar-refractivity contribution is -0.135. The molecule has 0 unspecified atom stereocenters. The zero-order valence-electron chi connectivity index (χ0n) is 16.7. The van der Waals surface area contributed by atoms with Gasteiger partial charge < -0.3 is 10.2 Å². The van der Waals surface area contributed by atoms with Crippen LogP contribution in [0.1, 0.15) is 40.2 Å². The zero-order valence-corrected chi connectivity index (χ0v) is 17.5. The highest BCUT2D eigenvalue weighted by atomic mass is 32.2. The number of rotatable bonds is 6. The maximum Gasteiger partial charge on any atom is 0.236 e. The van der Waals surface area contributed by atoms with Crippen molar-refractivity contribution in [1.82, 2.24) is 4.90 Å². The number of nitrogens with one attached hydrogen (secondary N) is 1. The number of anilines is 1. The lowest BCUT2D eigenvalue weighted by atomic mass is 10.0. The second-order valence-electron chi connectivity index (χ2n) is 7.55. The number of carbonyl (C=O) groups is 2. The summed E-state index contributed by atoms with van der Waals surface area (Å²) in [5.74, 6) is 0.0166. The quantitative estimate of drug-likeness (QED) is 0.717. The monoisotopic (exact) mass is 384 g/mol. The highest BCUT2D eigenvalue weighted by Gasteiger charge is 2.30. The first-order chi connectivity index (χ1) is 12.7. The SMILES string of the molecule is CC(=O)Nc1ccc(S[C@@H](C)C(=O)N(Cc2ccccc2)C(C)(C)C)cc1. The Labute approximate surface area is 166 Å². The molecule has 2 rings (SSSR count). The summed E-state index contributed by atoms with van der Waals surface area (Å²) in [6, 6.07) is 17.6. The third-order valence-electron chi connectivity index (χ3n) is 4.09. The van der Waals surface area contributed by atoms with Gasteiger partial charge in [0.2, 0.25) is 11.8 Å². The van der Waals surface area contributed by atoms with Crippen LogP contribution in [-0.2, 0) is 16.1 Å². The molecule has 0 heterocycles. The van der Waals surface area contributed by atoms with E-state index in [1.54, 1.807) is 0 Å². The van der Waals surface area contributed by atoms with Crippen molar-refractivity contribution in [3.8, 4) is 0 Å². The van der Waals surface area contributed by atoms with Gasteiger partial charge >= 0.3 is 0 Å². The average molecular weight is 385 g/mol. The molecule has 2 aromatic rings. The molecule has 0 fully saturated rings. The fraction of sp³-hybridized carbons (Fsp3) is 0.364. The van der Waals surface area contributed by atoms with Gasteiger partial charge in [-0.3, -0.25) is 9.59 Å². The molecule has 2 amide bonds. The van der Waals surface area contributed by atoms with Crippen LogP contribution >= 0.6 is 11.8 Å². The van der Waals surface area contributed by atoms with Crippen molar-refractivity contribution in [2.45, 2.75) is 56.8 Å². The lowest BCUT2D eigenvalue weighted by Gasteiger charge is -2.37. The third-order valence-corrected chi connectivity index (χ3v) is 5.19. The van der Waals surface area contributed by atoms with E-state index in [0.717, 1.165) is 16.1 Å². The second-order valence-corrected chi connectivity index (χ2v) is 8.96. The fourth-order valence-corrected chi connectivity index (χ4v) is 3.64. The number of amides is 2. The lowest BCUT2D eigenvalue weighted by Crippen LogP contribution is -2.48. The van der Waals surface area contributed by atoms with Crippen molar-refractivity contribution < 1.29 is 9.59 Å². The molecule has 0 spiro atoms. The molecule has 0 aliphatic carbocycles. The molecular weight excluding hydrogens is 356 g/mol. The summed E-state index contributed by atoms with van der Waals surface area (Å²) in [7, 11) is 0. The Balaban J connectivity index is 2.09. The Kier molecular flexibility index (Phi) is 7.08. The van der Waals surface area contributed by atoms with Crippen LogP contribution in [0.4, 0.5) is 5.69 Å². The van der Waals surface area contributed by atoms with Crippen LogP contribution in [0, 0.1) is 0 Å². The number of benzene rings is 2. The van der Waals surface area contributed by atoms with Crippen LogP contribution in [0.2, 0.25) is 0 Å². The summed E-state index contributed by atoms with van der Waals surface area (Å²) < 4.78 is 0. The standard InChI is InChI=1S/C22H28N2O2S/c1-16(27-20-13-11-19(12-14-20)23-17(2)25)21(26)24(22(3,4)5)15-18-9-7-6-8-10-18/h6-14,16H,15H2,1-5H3,(H,23,25)/t16-/m0/s1. The van der Waals surface area contributed by atoms with Gasteiger partial charge in [-0.05, 0) is 57.5 Å². The van der Waals surface area contributed by atoms with E-state index in [2.05, 4.69) is 26.1 Å². The van der Waals surface area contributed by atoms with Gasteiger partial charge in [-0.25, -0.2) is 0 Å². The van der Waals surface area contributed by atoms with Crippen LogP contribution in [0.5, 0.6) is 0 Å². The number of hydrogen-bond acceptors (Lipinski definition) is 3. The molecular formula is C22H28N2O2S. The van der Waals surface area contributed by atoms with Crippen LogP contribution < -0.4 is 5.32 Å². The minimum absolute atomic E-state index is 0.0966. The summed E-state index contributed by atoms with van der Waals surface area (Å²) in [6.45, 7) is 10.2. The van der Waals surface area contributed by atoms with E-state index in [1.165, 1.54) is 18.7 Å². The zero-order chi connectivity index (χ0) is 20.0. The molecule has 0 aliphatic heterocycles. The average Bonchev–Trinajstić information content (AvgIpc) is 2.60. The molecule has 0 bridgehead atoms. The Morgan fingerprint density at radius 2 is 1.63 bits per heavy atom. The molecule has 5 heteroatoms. The van der Waals surface area contributed by atoms with Crippen LogP contribution in [0.3, 0.4) is 0 Å². The highest BCUT2D eigenvalue weighted by molar-refractivity contribution is 8.00. The molecule has 0 saturated heterocycles. The molecule has 2 aromatic carbocycles. The van der Waals surface area contributed by atoms with Gasteiger partial charge in [-0.15, -0.1) is 11.8 Å². The number of nitrogens with zero attached hydrogens (tertiary/aromatic N) is 1. The Hall–Kier alpha value is -2.27.